The van der Waals surface area contributed by atoms with E-state index in [0.29, 0.717) is 32.7 Å². The Hall–Kier alpha value is -1.02. The highest BCUT2D eigenvalue weighted by molar-refractivity contribution is 7.89. The van der Waals surface area contributed by atoms with Gasteiger partial charge in [-0.15, -0.1) is 0 Å². The largest absolute Gasteiger partial charge is 0.372 e. The van der Waals surface area contributed by atoms with Gasteiger partial charge in [-0.05, 0) is 30.9 Å². The summed E-state index contributed by atoms with van der Waals surface area (Å²) in [6.07, 6.45) is 6.63. The number of nitrogens with zero attached hydrogens (tertiary/aromatic N) is 2. The van der Waals surface area contributed by atoms with Crippen LogP contribution in [0.5, 0.6) is 0 Å². The summed E-state index contributed by atoms with van der Waals surface area (Å²) in [7, 11) is -3.10. The van der Waals surface area contributed by atoms with Crippen LogP contribution in [0.1, 0.15) is 38.2 Å². The number of aromatic nitrogens is 1. The van der Waals surface area contributed by atoms with E-state index >= 15 is 0 Å². The molecule has 1 unspecified atom stereocenters. The van der Waals surface area contributed by atoms with Crippen molar-refractivity contribution in [1.82, 2.24) is 9.29 Å². The molecular formula is C17H26N2O4S. The Balaban J connectivity index is 1.49. The van der Waals surface area contributed by atoms with Gasteiger partial charge in [-0.3, -0.25) is 4.98 Å². The Labute approximate surface area is 144 Å². The van der Waals surface area contributed by atoms with Gasteiger partial charge in [-0.1, -0.05) is 13.0 Å². The highest BCUT2D eigenvalue weighted by Crippen LogP contribution is 2.37. The van der Waals surface area contributed by atoms with Gasteiger partial charge in [0, 0.05) is 31.9 Å². The summed E-state index contributed by atoms with van der Waals surface area (Å²) in [4.78, 5) is 4.09. The molecule has 2 aliphatic rings. The Morgan fingerprint density at radius 2 is 2.21 bits per heavy atom. The zero-order valence-corrected chi connectivity index (χ0v) is 15.0. The van der Waals surface area contributed by atoms with Gasteiger partial charge in [-0.2, -0.15) is 0 Å². The standard InChI is InChI=1S/C17H26N2O4S/c1-2-10-24(20,21)19-8-5-17(6-9-19)11-16(14-23-17)22-13-15-4-3-7-18-12-15/h3-4,7,12,16H,2,5-6,8-11,13-14H2,1H3. The van der Waals surface area contributed by atoms with Crippen LogP contribution in [0.25, 0.3) is 0 Å². The normalized spacial score (nSPS) is 24.5. The first-order chi connectivity index (χ1) is 11.5. The average molecular weight is 354 g/mol. The molecule has 2 aliphatic heterocycles. The van der Waals surface area contributed by atoms with Crippen molar-refractivity contribution in [3.05, 3.63) is 30.1 Å². The van der Waals surface area contributed by atoms with Crippen molar-refractivity contribution in [2.75, 3.05) is 25.4 Å². The molecule has 134 valence electrons. The lowest BCUT2D eigenvalue weighted by Gasteiger charge is -2.37. The van der Waals surface area contributed by atoms with Gasteiger partial charge in [0.1, 0.15) is 0 Å². The van der Waals surface area contributed by atoms with Gasteiger partial charge < -0.3 is 9.47 Å². The number of hydrogen-bond donors (Lipinski definition) is 0. The second-order valence-corrected chi connectivity index (χ2v) is 8.80. The van der Waals surface area contributed by atoms with Crippen LogP contribution < -0.4 is 0 Å². The van der Waals surface area contributed by atoms with Gasteiger partial charge in [0.15, 0.2) is 0 Å². The molecule has 0 aromatic carbocycles. The van der Waals surface area contributed by atoms with Gasteiger partial charge in [0.05, 0.1) is 30.7 Å². The summed E-state index contributed by atoms with van der Waals surface area (Å²) in [6, 6.07) is 3.90. The smallest absolute Gasteiger partial charge is 0.214 e. The minimum Gasteiger partial charge on any atom is -0.372 e. The third-order valence-corrected chi connectivity index (χ3v) is 6.95. The first-order valence-electron chi connectivity index (χ1n) is 8.65. The van der Waals surface area contributed by atoms with E-state index in [9.17, 15) is 8.42 Å². The highest BCUT2D eigenvalue weighted by atomic mass is 32.2. The van der Waals surface area contributed by atoms with Crippen LogP contribution in [-0.2, 0) is 26.1 Å². The van der Waals surface area contributed by atoms with Crippen LogP contribution in [0.15, 0.2) is 24.5 Å². The van der Waals surface area contributed by atoms with Crippen LogP contribution >= 0.6 is 0 Å². The molecule has 0 N–H and O–H groups in total. The Morgan fingerprint density at radius 1 is 1.42 bits per heavy atom. The van der Waals surface area contributed by atoms with Gasteiger partial charge in [0.2, 0.25) is 10.0 Å². The van der Waals surface area contributed by atoms with Crippen LogP contribution in [0.4, 0.5) is 0 Å². The Morgan fingerprint density at radius 3 is 2.88 bits per heavy atom. The molecule has 1 aromatic rings. The molecule has 6 nitrogen and oxygen atoms in total. The van der Waals surface area contributed by atoms with Crippen molar-refractivity contribution in [1.29, 1.82) is 0 Å². The van der Waals surface area contributed by atoms with E-state index in [1.807, 2.05) is 25.3 Å². The van der Waals surface area contributed by atoms with E-state index in [0.717, 1.165) is 24.8 Å². The lowest BCUT2D eigenvalue weighted by Crippen LogP contribution is -2.47. The summed E-state index contributed by atoms with van der Waals surface area (Å²) < 4.78 is 37.9. The molecule has 7 heteroatoms. The molecule has 2 saturated heterocycles. The molecule has 3 heterocycles. The minimum absolute atomic E-state index is 0.0732. The van der Waals surface area contributed by atoms with E-state index in [4.69, 9.17) is 9.47 Å². The van der Waals surface area contributed by atoms with Crippen molar-refractivity contribution >= 4 is 10.0 Å². The SMILES string of the molecule is CCCS(=O)(=O)N1CCC2(CC1)CC(OCc1cccnc1)CO2. The fourth-order valence-corrected chi connectivity index (χ4v) is 5.03. The zero-order chi connectivity index (χ0) is 17.0. The summed E-state index contributed by atoms with van der Waals surface area (Å²) in [5, 5.41) is 0. The minimum atomic E-state index is -3.10. The van der Waals surface area contributed by atoms with Crippen molar-refractivity contribution in [2.45, 2.75) is 50.9 Å². The molecule has 24 heavy (non-hydrogen) atoms. The van der Waals surface area contributed by atoms with Crippen molar-refractivity contribution in [3.63, 3.8) is 0 Å². The third kappa shape index (κ3) is 4.14. The number of rotatable bonds is 6. The third-order valence-electron chi connectivity index (χ3n) is 4.87. The number of ether oxygens (including phenoxy) is 2. The monoisotopic (exact) mass is 354 g/mol. The van der Waals surface area contributed by atoms with Gasteiger partial charge in [0.25, 0.3) is 0 Å². The number of pyridine rings is 1. The molecule has 2 fully saturated rings. The molecule has 1 aromatic heterocycles. The Kier molecular flexibility index (Phi) is 5.54. The second kappa shape index (κ2) is 7.47. The molecular weight excluding hydrogens is 328 g/mol. The summed E-state index contributed by atoms with van der Waals surface area (Å²) >= 11 is 0. The van der Waals surface area contributed by atoms with Crippen LogP contribution in [0.3, 0.4) is 0 Å². The molecule has 0 amide bonds. The first kappa shape index (κ1) is 17.8. The maximum absolute atomic E-state index is 12.2. The fraction of sp³-hybridized carbons (Fsp3) is 0.706. The molecule has 1 spiro atoms. The molecule has 0 aliphatic carbocycles. The molecule has 0 saturated carbocycles. The lowest BCUT2D eigenvalue weighted by atomic mass is 9.89. The van der Waals surface area contributed by atoms with E-state index in [-0.39, 0.29) is 17.5 Å². The van der Waals surface area contributed by atoms with E-state index in [1.165, 1.54) is 0 Å². The maximum Gasteiger partial charge on any atom is 0.214 e. The van der Waals surface area contributed by atoms with Crippen LogP contribution in [0, 0.1) is 0 Å². The first-order valence-corrected chi connectivity index (χ1v) is 10.3. The molecule has 0 bridgehead atoms. The summed E-state index contributed by atoms with van der Waals surface area (Å²) in [6.45, 7) is 4.12. The molecule has 0 radical (unpaired) electrons. The maximum atomic E-state index is 12.2. The number of hydrogen-bond acceptors (Lipinski definition) is 5. The molecule has 3 rings (SSSR count). The van der Waals surface area contributed by atoms with E-state index in [1.54, 1.807) is 10.5 Å². The zero-order valence-electron chi connectivity index (χ0n) is 14.2. The number of piperidine rings is 1. The van der Waals surface area contributed by atoms with Gasteiger partial charge >= 0.3 is 0 Å². The lowest BCUT2D eigenvalue weighted by molar-refractivity contribution is -0.0343. The number of sulfonamides is 1. The summed E-state index contributed by atoms with van der Waals surface area (Å²) in [5.74, 6) is 0.234. The predicted octanol–water partition coefficient (Wildman–Crippen LogP) is 1.96. The second-order valence-electron chi connectivity index (χ2n) is 6.71. The van der Waals surface area contributed by atoms with E-state index in [2.05, 4.69) is 4.98 Å². The van der Waals surface area contributed by atoms with Crippen molar-refractivity contribution in [3.8, 4) is 0 Å². The van der Waals surface area contributed by atoms with Crippen molar-refractivity contribution < 1.29 is 17.9 Å². The fourth-order valence-electron chi connectivity index (χ4n) is 3.51. The van der Waals surface area contributed by atoms with Crippen LogP contribution in [-0.4, -0.2) is 54.9 Å². The topological polar surface area (TPSA) is 68.7 Å². The van der Waals surface area contributed by atoms with Crippen molar-refractivity contribution in [2.24, 2.45) is 0 Å². The summed E-state index contributed by atoms with van der Waals surface area (Å²) in [5.41, 5.74) is 0.844. The van der Waals surface area contributed by atoms with E-state index < -0.39 is 10.0 Å². The quantitative estimate of drug-likeness (QED) is 0.781. The predicted molar refractivity (Wildman–Crippen MR) is 91.0 cm³/mol. The van der Waals surface area contributed by atoms with Crippen LogP contribution in [0.2, 0.25) is 0 Å². The highest BCUT2D eigenvalue weighted by Gasteiger charge is 2.44. The van der Waals surface area contributed by atoms with Gasteiger partial charge in [-0.25, -0.2) is 12.7 Å². The average Bonchev–Trinajstić information content (AvgIpc) is 2.97. The molecule has 1 atom stereocenters. The Bertz CT molecular complexity index is 627.